The largest absolute Gasteiger partial charge is 0.508 e. The molecular weight excluding hydrogens is 262 g/mol. The lowest BCUT2D eigenvalue weighted by atomic mass is 10.0. The Hall–Kier alpha value is -2.29. The summed E-state index contributed by atoms with van der Waals surface area (Å²) >= 11 is 0. The standard InChI is InChI=1S/C18H19NO2/c1-13-11-15(7-8-17(13)20)14-5-4-6-16(12-14)18(21)19-9-2-3-10-19/h4-8,11-12,20H,2-3,9-10H2,1H3. The lowest BCUT2D eigenvalue weighted by molar-refractivity contribution is 0.0793. The van der Waals surface area contributed by atoms with Crippen molar-refractivity contribution in [3.63, 3.8) is 0 Å². The van der Waals surface area contributed by atoms with E-state index in [0.29, 0.717) is 5.75 Å². The molecule has 1 amide bonds. The number of benzene rings is 2. The van der Waals surface area contributed by atoms with E-state index in [2.05, 4.69) is 0 Å². The van der Waals surface area contributed by atoms with Gasteiger partial charge < -0.3 is 10.0 Å². The number of carbonyl (C=O) groups is 1. The van der Waals surface area contributed by atoms with Gasteiger partial charge in [-0.1, -0.05) is 18.2 Å². The number of aromatic hydroxyl groups is 1. The summed E-state index contributed by atoms with van der Waals surface area (Å²) < 4.78 is 0. The van der Waals surface area contributed by atoms with Gasteiger partial charge in [-0.05, 0) is 60.7 Å². The minimum atomic E-state index is 0.116. The van der Waals surface area contributed by atoms with Crippen LogP contribution in [0, 0.1) is 6.92 Å². The average molecular weight is 281 g/mol. The molecule has 1 fully saturated rings. The van der Waals surface area contributed by atoms with Crippen molar-refractivity contribution in [1.29, 1.82) is 0 Å². The van der Waals surface area contributed by atoms with E-state index in [1.807, 2.05) is 48.2 Å². The third-order valence-corrected chi connectivity index (χ3v) is 4.03. The molecule has 1 heterocycles. The van der Waals surface area contributed by atoms with Gasteiger partial charge in [0.25, 0.3) is 5.91 Å². The molecule has 3 heteroatoms. The van der Waals surface area contributed by atoms with Gasteiger partial charge in [0.05, 0.1) is 0 Å². The summed E-state index contributed by atoms with van der Waals surface area (Å²) in [5, 5.41) is 9.62. The summed E-state index contributed by atoms with van der Waals surface area (Å²) in [6.45, 7) is 3.60. The number of nitrogens with zero attached hydrogens (tertiary/aromatic N) is 1. The van der Waals surface area contributed by atoms with E-state index >= 15 is 0 Å². The molecule has 0 radical (unpaired) electrons. The zero-order valence-corrected chi connectivity index (χ0v) is 12.2. The maximum atomic E-state index is 12.4. The summed E-state index contributed by atoms with van der Waals surface area (Å²) in [4.78, 5) is 14.4. The molecule has 0 unspecified atom stereocenters. The van der Waals surface area contributed by atoms with Gasteiger partial charge >= 0.3 is 0 Å². The van der Waals surface area contributed by atoms with Crippen LogP contribution in [0.4, 0.5) is 0 Å². The molecule has 0 bridgehead atoms. The highest BCUT2D eigenvalue weighted by atomic mass is 16.3. The van der Waals surface area contributed by atoms with E-state index in [0.717, 1.165) is 48.2 Å². The highest BCUT2D eigenvalue weighted by Crippen LogP contribution is 2.26. The van der Waals surface area contributed by atoms with E-state index < -0.39 is 0 Å². The van der Waals surface area contributed by atoms with Crippen LogP contribution < -0.4 is 0 Å². The molecule has 108 valence electrons. The zero-order valence-electron chi connectivity index (χ0n) is 12.2. The van der Waals surface area contributed by atoms with Gasteiger partial charge in [0.1, 0.15) is 5.75 Å². The smallest absolute Gasteiger partial charge is 0.253 e. The van der Waals surface area contributed by atoms with Gasteiger partial charge in [0, 0.05) is 18.7 Å². The molecule has 1 N–H and O–H groups in total. The van der Waals surface area contributed by atoms with Crippen molar-refractivity contribution in [3.05, 3.63) is 53.6 Å². The third kappa shape index (κ3) is 2.77. The molecule has 1 aliphatic rings. The zero-order chi connectivity index (χ0) is 14.8. The van der Waals surface area contributed by atoms with Crippen LogP contribution in [-0.2, 0) is 0 Å². The molecule has 0 spiro atoms. The Morgan fingerprint density at radius 2 is 1.76 bits per heavy atom. The Kier molecular flexibility index (Phi) is 3.65. The van der Waals surface area contributed by atoms with Crippen LogP contribution >= 0.6 is 0 Å². The van der Waals surface area contributed by atoms with Crippen LogP contribution in [0.2, 0.25) is 0 Å². The van der Waals surface area contributed by atoms with Crippen LogP contribution in [0.15, 0.2) is 42.5 Å². The fourth-order valence-electron chi connectivity index (χ4n) is 2.77. The lowest BCUT2D eigenvalue weighted by Gasteiger charge is -2.15. The molecule has 0 aromatic heterocycles. The van der Waals surface area contributed by atoms with Crippen molar-refractivity contribution >= 4 is 5.91 Å². The molecule has 3 nitrogen and oxygen atoms in total. The van der Waals surface area contributed by atoms with Crippen molar-refractivity contribution in [2.75, 3.05) is 13.1 Å². The number of aryl methyl sites for hydroxylation is 1. The second-order valence-electron chi connectivity index (χ2n) is 5.58. The fraction of sp³-hybridized carbons (Fsp3) is 0.278. The first kappa shape index (κ1) is 13.7. The van der Waals surface area contributed by atoms with Crippen LogP contribution in [-0.4, -0.2) is 29.0 Å². The summed E-state index contributed by atoms with van der Waals surface area (Å²) in [5.74, 6) is 0.410. The topological polar surface area (TPSA) is 40.5 Å². The van der Waals surface area contributed by atoms with Gasteiger partial charge in [-0.25, -0.2) is 0 Å². The number of phenolic OH excluding ortho intramolecular Hbond substituents is 1. The van der Waals surface area contributed by atoms with E-state index in [-0.39, 0.29) is 5.91 Å². The maximum absolute atomic E-state index is 12.4. The molecule has 21 heavy (non-hydrogen) atoms. The van der Waals surface area contributed by atoms with E-state index in [4.69, 9.17) is 0 Å². The van der Waals surface area contributed by atoms with Crippen molar-refractivity contribution in [1.82, 2.24) is 4.90 Å². The Bertz CT molecular complexity index is 673. The molecule has 2 aromatic rings. The van der Waals surface area contributed by atoms with Crippen molar-refractivity contribution in [2.45, 2.75) is 19.8 Å². The average Bonchev–Trinajstić information content (AvgIpc) is 3.04. The Balaban J connectivity index is 1.92. The van der Waals surface area contributed by atoms with Crippen LogP contribution in [0.3, 0.4) is 0 Å². The number of hydrogen-bond acceptors (Lipinski definition) is 2. The second kappa shape index (κ2) is 5.60. The molecule has 0 atom stereocenters. The molecule has 2 aromatic carbocycles. The SMILES string of the molecule is Cc1cc(-c2cccc(C(=O)N3CCCC3)c2)ccc1O. The van der Waals surface area contributed by atoms with Gasteiger partial charge in [-0.3, -0.25) is 4.79 Å². The summed E-state index contributed by atoms with van der Waals surface area (Å²) in [7, 11) is 0. The van der Waals surface area contributed by atoms with E-state index in [9.17, 15) is 9.90 Å². The van der Waals surface area contributed by atoms with Gasteiger partial charge in [-0.2, -0.15) is 0 Å². The summed E-state index contributed by atoms with van der Waals surface area (Å²) in [6.07, 6.45) is 2.20. The molecule has 1 aliphatic heterocycles. The lowest BCUT2D eigenvalue weighted by Crippen LogP contribution is -2.27. The van der Waals surface area contributed by atoms with Gasteiger partial charge in [0.2, 0.25) is 0 Å². The second-order valence-corrected chi connectivity index (χ2v) is 5.58. The summed E-state index contributed by atoms with van der Waals surface area (Å²) in [6, 6.07) is 13.2. The number of hydrogen-bond donors (Lipinski definition) is 1. The monoisotopic (exact) mass is 281 g/mol. The number of amides is 1. The molecule has 0 saturated carbocycles. The Labute approximate surface area is 124 Å². The van der Waals surface area contributed by atoms with Crippen LogP contribution in [0.25, 0.3) is 11.1 Å². The van der Waals surface area contributed by atoms with E-state index in [1.165, 1.54) is 0 Å². The number of carbonyl (C=O) groups excluding carboxylic acids is 1. The Morgan fingerprint density at radius 1 is 1.05 bits per heavy atom. The number of rotatable bonds is 2. The quantitative estimate of drug-likeness (QED) is 0.913. The van der Waals surface area contributed by atoms with Gasteiger partial charge in [0.15, 0.2) is 0 Å². The number of likely N-dealkylation sites (tertiary alicyclic amines) is 1. The van der Waals surface area contributed by atoms with Crippen LogP contribution in [0.1, 0.15) is 28.8 Å². The molecule has 1 saturated heterocycles. The first-order valence-electron chi connectivity index (χ1n) is 7.34. The predicted octanol–water partition coefficient (Wildman–Crippen LogP) is 3.60. The normalized spacial score (nSPS) is 14.4. The third-order valence-electron chi connectivity index (χ3n) is 4.03. The fourth-order valence-corrected chi connectivity index (χ4v) is 2.77. The number of phenols is 1. The van der Waals surface area contributed by atoms with Gasteiger partial charge in [-0.15, -0.1) is 0 Å². The van der Waals surface area contributed by atoms with E-state index in [1.54, 1.807) is 6.07 Å². The Morgan fingerprint density at radius 3 is 2.48 bits per heavy atom. The summed E-state index contributed by atoms with van der Waals surface area (Å²) in [5.41, 5.74) is 3.59. The minimum absolute atomic E-state index is 0.116. The first-order valence-corrected chi connectivity index (χ1v) is 7.34. The molecular formula is C18H19NO2. The molecule has 0 aliphatic carbocycles. The first-order chi connectivity index (χ1) is 10.1. The highest BCUT2D eigenvalue weighted by Gasteiger charge is 2.19. The van der Waals surface area contributed by atoms with Crippen molar-refractivity contribution in [2.24, 2.45) is 0 Å². The highest BCUT2D eigenvalue weighted by molar-refractivity contribution is 5.95. The maximum Gasteiger partial charge on any atom is 0.253 e. The van der Waals surface area contributed by atoms with Crippen molar-refractivity contribution < 1.29 is 9.90 Å². The predicted molar refractivity (Wildman–Crippen MR) is 83.4 cm³/mol. The van der Waals surface area contributed by atoms with Crippen LogP contribution in [0.5, 0.6) is 5.75 Å². The molecule has 3 rings (SSSR count). The minimum Gasteiger partial charge on any atom is -0.508 e. The van der Waals surface area contributed by atoms with Crippen molar-refractivity contribution in [3.8, 4) is 16.9 Å².